The molecule has 104 valence electrons. The molecule has 1 saturated heterocycles. The lowest BCUT2D eigenvalue weighted by Crippen LogP contribution is -2.49. The minimum Gasteiger partial charge on any atom is -0.340 e. The Bertz CT molecular complexity index is 428. The van der Waals surface area contributed by atoms with Gasteiger partial charge in [-0.25, -0.2) is 0 Å². The van der Waals surface area contributed by atoms with Gasteiger partial charge in [0.15, 0.2) is 0 Å². The van der Waals surface area contributed by atoms with Gasteiger partial charge in [0.1, 0.15) is 0 Å². The van der Waals surface area contributed by atoms with E-state index in [9.17, 15) is 4.79 Å². The van der Waals surface area contributed by atoms with E-state index in [2.05, 4.69) is 11.8 Å². The third kappa shape index (κ3) is 3.95. The second-order valence-corrected chi connectivity index (χ2v) is 5.40. The summed E-state index contributed by atoms with van der Waals surface area (Å²) in [6.07, 6.45) is 1.58. The first-order valence-corrected chi connectivity index (χ1v) is 7.32. The standard InChI is InChI=1S/C15H21ClN2O/c1-2-7-17-8-10-18(11-9-17)15(19)12-13-5-3-4-6-14(13)16/h3-6H,2,7-12H2,1H3. The first kappa shape index (κ1) is 14.4. The minimum absolute atomic E-state index is 0.184. The normalized spacial score (nSPS) is 16.6. The Kier molecular flexibility index (Phi) is 5.23. The predicted octanol–water partition coefficient (Wildman–Crippen LogP) is 2.44. The summed E-state index contributed by atoms with van der Waals surface area (Å²) in [5.41, 5.74) is 0.921. The van der Waals surface area contributed by atoms with Crippen LogP contribution in [-0.4, -0.2) is 48.4 Å². The summed E-state index contributed by atoms with van der Waals surface area (Å²) >= 11 is 6.09. The molecule has 1 fully saturated rings. The lowest BCUT2D eigenvalue weighted by atomic mass is 10.1. The van der Waals surface area contributed by atoms with Crippen molar-refractivity contribution in [2.24, 2.45) is 0 Å². The summed E-state index contributed by atoms with van der Waals surface area (Å²) in [6, 6.07) is 7.57. The van der Waals surface area contributed by atoms with E-state index < -0.39 is 0 Å². The number of carbonyl (C=O) groups excluding carboxylic acids is 1. The second-order valence-electron chi connectivity index (χ2n) is 4.99. The molecular formula is C15H21ClN2O. The van der Waals surface area contributed by atoms with Crippen molar-refractivity contribution in [1.82, 2.24) is 9.80 Å². The Morgan fingerprint density at radius 1 is 1.21 bits per heavy atom. The number of piperazine rings is 1. The lowest BCUT2D eigenvalue weighted by Gasteiger charge is -2.34. The van der Waals surface area contributed by atoms with Crippen LogP contribution in [0.15, 0.2) is 24.3 Å². The molecule has 3 nitrogen and oxygen atoms in total. The number of hydrogen-bond donors (Lipinski definition) is 0. The molecule has 0 radical (unpaired) electrons. The van der Waals surface area contributed by atoms with E-state index in [1.54, 1.807) is 0 Å². The van der Waals surface area contributed by atoms with Crippen molar-refractivity contribution in [1.29, 1.82) is 0 Å². The maximum Gasteiger partial charge on any atom is 0.227 e. The summed E-state index contributed by atoms with van der Waals surface area (Å²) in [5.74, 6) is 0.184. The van der Waals surface area contributed by atoms with E-state index in [1.807, 2.05) is 29.2 Å². The summed E-state index contributed by atoms with van der Waals surface area (Å²) in [7, 11) is 0. The monoisotopic (exact) mass is 280 g/mol. The van der Waals surface area contributed by atoms with Crippen molar-refractivity contribution in [2.45, 2.75) is 19.8 Å². The fraction of sp³-hybridized carbons (Fsp3) is 0.533. The van der Waals surface area contributed by atoms with Crippen molar-refractivity contribution >= 4 is 17.5 Å². The molecule has 0 N–H and O–H groups in total. The highest BCUT2D eigenvalue weighted by Gasteiger charge is 2.20. The fourth-order valence-electron chi connectivity index (χ4n) is 2.45. The fourth-order valence-corrected chi connectivity index (χ4v) is 2.66. The van der Waals surface area contributed by atoms with Crippen LogP contribution < -0.4 is 0 Å². The van der Waals surface area contributed by atoms with E-state index in [-0.39, 0.29) is 5.91 Å². The Hall–Kier alpha value is -1.06. The zero-order chi connectivity index (χ0) is 13.7. The van der Waals surface area contributed by atoms with Gasteiger partial charge in [0.05, 0.1) is 6.42 Å². The minimum atomic E-state index is 0.184. The van der Waals surface area contributed by atoms with Crippen LogP contribution >= 0.6 is 11.6 Å². The van der Waals surface area contributed by atoms with Crippen LogP contribution in [0.25, 0.3) is 0 Å². The molecule has 0 unspecified atom stereocenters. The molecule has 4 heteroatoms. The van der Waals surface area contributed by atoms with Gasteiger partial charge in [-0.05, 0) is 24.6 Å². The van der Waals surface area contributed by atoms with E-state index in [1.165, 1.54) is 6.42 Å². The smallest absolute Gasteiger partial charge is 0.227 e. The number of benzene rings is 1. The Balaban J connectivity index is 1.87. The van der Waals surface area contributed by atoms with E-state index in [4.69, 9.17) is 11.6 Å². The molecule has 1 aromatic carbocycles. The Morgan fingerprint density at radius 3 is 2.53 bits per heavy atom. The highest BCUT2D eigenvalue weighted by atomic mass is 35.5. The molecule has 1 heterocycles. The molecule has 1 amide bonds. The van der Waals surface area contributed by atoms with Crippen LogP contribution in [0.2, 0.25) is 5.02 Å². The van der Waals surface area contributed by atoms with Gasteiger partial charge in [-0.1, -0.05) is 36.7 Å². The first-order chi connectivity index (χ1) is 9.20. The molecule has 1 aliphatic rings. The quantitative estimate of drug-likeness (QED) is 0.846. The van der Waals surface area contributed by atoms with Crippen LogP contribution in [0, 0.1) is 0 Å². The summed E-state index contributed by atoms with van der Waals surface area (Å²) in [6.45, 7) is 6.97. The molecule has 0 spiro atoms. The van der Waals surface area contributed by atoms with Gasteiger partial charge in [0.2, 0.25) is 5.91 Å². The molecule has 0 saturated carbocycles. The third-order valence-electron chi connectivity index (χ3n) is 3.56. The molecule has 0 aromatic heterocycles. The van der Waals surface area contributed by atoms with Crippen LogP contribution in [0.1, 0.15) is 18.9 Å². The van der Waals surface area contributed by atoms with E-state index in [0.717, 1.165) is 38.3 Å². The highest BCUT2D eigenvalue weighted by Crippen LogP contribution is 2.16. The van der Waals surface area contributed by atoms with Crippen molar-refractivity contribution in [3.63, 3.8) is 0 Å². The largest absolute Gasteiger partial charge is 0.340 e. The zero-order valence-corrected chi connectivity index (χ0v) is 12.2. The van der Waals surface area contributed by atoms with E-state index in [0.29, 0.717) is 11.4 Å². The predicted molar refractivity (Wildman–Crippen MR) is 78.5 cm³/mol. The molecule has 0 bridgehead atoms. The number of nitrogens with zero attached hydrogens (tertiary/aromatic N) is 2. The number of rotatable bonds is 4. The summed E-state index contributed by atoms with van der Waals surface area (Å²) < 4.78 is 0. The maximum atomic E-state index is 12.2. The molecule has 1 aliphatic heterocycles. The number of halogens is 1. The molecule has 2 rings (SSSR count). The average Bonchev–Trinajstić information content (AvgIpc) is 2.42. The summed E-state index contributed by atoms with van der Waals surface area (Å²) in [4.78, 5) is 16.6. The van der Waals surface area contributed by atoms with Gasteiger partial charge in [-0.15, -0.1) is 0 Å². The van der Waals surface area contributed by atoms with E-state index >= 15 is 0 Å². The number of hydrogen-bond acceptors (Lipinski definition) is 2. The van der Waals surface area contributed by atoms with Crippen molar-refractivity contribution in [2.75, 3.05) is 32.7 Å². The molecule has 0 atom stereocenters. The highest BCUT2D eigenvalue weighted by molar-refractivity contribution is 6.31. The van der Waals surface area contributed by atoms with Crippen LogP contribution in [0.4, 0.5) is 0 Å². The SMILES string of the molecule is CCCN1CCN(C(=O)Cc2ccccc2Cl)CC1. The number of amides is 1. The molecule has 0 aliphatic carbocycles. The average molecular weight is 281 g/mol. The van der Waals surface area contributed by atoms with Gasteiger partial charge < -0.3 is 4.90 Å². The Morgan fingerprint density at radius 2 is 1.89 bits per heavy atom. The first-order valence-electron chi connectivity index (χ1n) is 6.94. The number of carbonyl (C=O) groups is 1. The topological polar surface area (TPSA) is 23.6 Å². The van der Waals surface area contributed by atoms with Crippen molar-refractivity contribution in [3.8, 4) is 0 Å². The molecular weight excluding hydrogens is 260 g/mol. The third-order valence-corrected chi connectivity index (χ3v) is 3.93. The van der Waals surface area contributed by atoms with Gasteiger partial charge in [0.25, 0.3) is 0 Å². The lowest BCUT2D eigenvalue weighted by molar-refractivity contribution is -0.132. The van der Waals surface area contributed by atoms with Gasteiger partial charge in [-0.3, -0.25) is 9.69 Å². The van der Waals surface area contributed by atoms with Gasteiger partial charge in [-0.2, -0.15) is 0 Å². The molecule has 1 aromatic rings. The van der Waals surface area contributed by atoms with Gasteiger partial charge in [0, 0.05) is 31.2 Å². The summed E-state index contributed by atoms with van der Waals surface area (Å²) in [5, 5.41) is 0.681. The van der Waals surface area contributed by atoms with Crippen LogP contribution in [0.3, 0.4) is 0 Å². The second kappa shape index (κ2) is 6.92. The Labute approximate surface area is 120 Å². The van der Waals surface area contributed by atoms with Crippen molar-refractivity contribution in [3.05, 3.63) is 34.9 Å². The van der Waals surface area contributed by atoms with Crippen LogP contribution in [-0.2, 0) is 11.2 Å². The van der Waals surface area contributed by atoms with Gasteiger partial charge >= 0.3 is 0 Å². The van der Waals surface area contributed by atoms with Crippen LogP contribution in [0.5, 0.6) is 0 Å². The van der Waals surface area contributed by atoms with Crippen molar-refractivity contribution < 1.29 is 4.79 Å². The zero-order valence-electron chi connectivity index (χ0n) is 11.4. The molecule has 19 heavy (non-hydrogen) atoms. The maximum absolute atomic E-state index is 12.2.